The van der Waals surface area contributed by atoms with Crippen LogP contribution in [0, 0.1) is 19.8 Å². The van der Waals surface area contributed by atoms with Gasteiger partial charge in [-0.2, -0.15) is 0 Å². The van der Waals surface area contributed by atoms with Crippen LogP contribution in [0.5, 0.6) is 0 Å². The quantitative estimate of drug-likeness (QED) is 0.579. The molecule has 1 saturated carbocycles. The highest BCUT2D eigenvalue weighted by Gasteiger charge is 2.21. The molecule has 0 atom stereocenters. The van der Waals surface area contributed by atoms with E-state index in [9.17, 15) is 0 Å². The summed E-state index contributed by atoms with van der Waals surface area (Å²) in [5.74, 6) is 0.934. The van der Waals surface area contributed by atoms with E-state index in [1.165, 1.54) is 66.3 Å². The number of aryl methyl sites for hydroxylation is 2. The van der Waals surface area contributed by atoms with Crippen LogP contribution in [-0.4, -0.2) is 0 Å². The van der Waals surface area contributed by atoms with Crippen molar-refractivity contribution < 1.29 is 0 Å². The molecule has 0 nitrogen and oxygen atoms in total. The van der Waals surface area contributed by atoms with Gasteiger partial charge in [-0.15, -0.1) is 0 Å². The molecule has 0 spiro atoms. The molecule has 2 aromatic rings. The van der Waals surface area contributed by atoms with Crippen molar-refractivity contribution in [3.63, 3.8) is 0 Å². The maximum atomic E-state index is 2.48. The number of fused-ring (bicyclic) bond motifs is 1. The normalized spacial score (nSPS) is 17.7. The Balaban J connectivity index is 1.60. The first-order chi connectivity index (χ1) is 11.7. The van der Waals surface area contributed by atoms with E-state index >= 15 is 0 Å². The summed E-state index contributed by atoms with van der Waals surface area (Å²) in [5, 5.41) is 0. The van der Waals surface area contributed by atoms with Crippen molar-refractivity contribution in [1.82, 2.24) is 0 Å². The molecule has 2 aliphatic carbocycles. The van der Waals surface area contributed by atoms with E-state index in [0.29, 0.717) is 0 Å². The Labute approximate surface area is 146 Å². The first-order valence-electron chi connectivity index (χ1n) is 9.59. The summed E-state index contributed by atoms with van der Waals surface area (Å²) < 4.78 is 0. The third-order valence-electron chi connectivity index (χ3n) is 5.78. The predicted octanol–water partition coefficient (Wildman–Crippen LogP) is 6.88. The molecule has 2 aromatic carbocycles. The second kappa shape index (κ2) is 6.59. The Morgan fingerprint density at radius 1 is 0.917 bits per heavy atom. The summed E-state index contributed by atoms with van der Waals surface area (Å²) in [5.41, 5.74) is 10.2. The van der Waals surface area contributed by atoms with Gasteiger partial charge < -0.3 is 0 Å². The second-order valence-electron chi connectivity index (χ2n) is 7.94. The fraction of sp³-hybridized carbons (Fsp3) is 0.417. The summed E-state index contributed by atoms with van der Waals surface area (Å²) in [6.07, 6.45) is 12.2. The Hall–Kier alpha value is -1.82. The maximum Gasteiger partial charge on any atom is -0.00516 e. The Bertz CT molecular complexity index is 752. The summed E-state index contributed by atoms with van der Waals surface area (Å²) in [6, 6.07) is 13.8. The zero-order chi connectivity index (χ0) is 16.5. The molecule has 0 bridgehead atoms. The lowest BCUT2D eigenvalue weighted by atomic mass is 9.84. The van der Waals surface area contributed by atoms with Crippen molar-refractivity contribution in [2.75, 3.05) is 0 Å². The van der Waals surface area contributed by atoms with Crippen molar-refractivity contribution in [3.05, 3.63) is 64.2 Å². The Morgan fingerprint density at radius 2 is 1.67 bits per heavy atom. The van der Waals surface area contributed by atoms with E-state index in [0.717, 1.165) is 12.3 Å². The van der Waals surface area contributed by atoms with Crippen molar-refractivity contribution in [1.29, 1.82) is 0 Å². The van der Waals surface area contributed by atoms with Gasteiger partial charge in [0.25, 0.3) is 0 Å². The van der Waals surface area contributed by atoms with E-state index in [4.69, 9.17) is 0 Å². The smallest absolute Gasteiger partial charge is 0.00516 e. The van der Waals surface area contributed by atoms with Gasteiger partial charge in [0.2, 0.25) is 0 Å². The minimum atomic E-state index is 0.934. The topological polar surface area (TPSA) is 0 Å². The highest BCUT2D eigenvalue weighted by Crippen LogP contribution is 2.38. The van der Waals surface area contributed by atoms with Gasteiger partial charge in [-0.05, 0) is 54.9 Å². The minimum Gasteiger partial charge on any atom is -0.0649 e. The van der Waals surface area contributed by atoms with Crippen molar-refractivity contribution >= 4 is 6.08 Å². The third kappa shape index (κ3) is 3.20. The molecule has 24 heavy (non-hydrogen) atoms. The molecule has 0 amide bonds. The zero-order valence-electron chi connectivity index (χ0n) is 15.1. The minimum absolute atomic E-state index is 0.934. The van der Waals surface area contributed by atoms with Crippen LogP contribution in [0.25, 0.3) is 17.2 Å². The van der Waals surface area contributed by atoms with Gasteiger partial charge in [0.05, 0.1) is 0 Å². The summed E-state index contributed by atoms with van der Waals surface area (Å²) in [4.78, 5) is 0. The first-order valence-corrected chi connectivity index (χ1v) is 9.59. The van der Waals surface area contributed by atoms with E-state index < -0.39 is 0 Å². The number of benzene rings is 2. The lowest BCUT2D eigenvalue weighted by molar-refractivity contribution is 0.355. The van der Waals surface area contributed by atoms with Crippen LogP contribution in [0.1, 0.15) is 60.8 Å². The average molecular weight is 316 g/mol. The summed E-state index contributed by atoms with van der Waals surface area (Å²) in [6.45, 7) is 4.40. The molecule has 2 aliphatic rings. The van der Waals surface area contributed by atoms with Crippen LogP contribution in [0.2, 0.25) is 0 Å². The highest BCUT2D eigenvalue weighted by atomic mass is 14.3. The molecule has 124 valence electrons. The molecule has 0 heteroatoms. The SMILES string of the molecule is Cc1cc(C)cc(-c2cccc3c2CC(CC2CCCCC2)=C3)c1. The number of allylic oxidation sites excluding steroid dienone is 1. The van der Waals surface area contributed by atoms with Gasteiger partial charge in [0.15, 0.2) is 0 Å². The van der Waals surface area contributed by atoms with Crippen molar-refractivity contribution in [2.45, 2.75) is 58.8 Å². The molecule has 1 fully saturated rings. The molecular formula is C24H28. The number of rotatable bonds is 3. The van der Waals surface area contributed by atoms with Gasteiger partial charge in [-0.3, -0.25) is 0 Å². The molecule has 0 aliphatic heterocycles. The predicted molar refractivity (Wildman–Crippen MR) is 104 cm³/mol. The fourth-order valence-electron chi connectivity index (χ4n) is 4.73. The molecule has 0 N–H and O–H groups in total. The standard InChI is InChI=1S/C24H28/c1-17-11-18(2)13-22(12-17)23-10-6-9-21-15-20(16-24(21)23)14-19-7-4-3-5-8-19/h6,9-13,15,19H,3-5,7-8,14,16H2,1-2H3. The molecule has 0 radical (unpaired) electrons. The van der Waals surface area contributed by atoms with E-state index in [-0.39, 0.29) is 0 Å². The van der Waals surface area contributed by atoms with Crippen LogP contribution < -0.4 is 0 Å². The lowest BCUT2D eigenvalue weighted by Gasteiger charge is -2.22. The van der Waals surface area contributed by atoms with Crippen molar-refractivity contribution in [2.24, 2.45) is 5.92 Å². The van der Waals surface area contributed by atoms with E-state index in [1.54, 1.807) is 11.1 Å². The van der Waals surface area contributed by atoms with Gasteiger partial charge in [0.1, 0.15) is 0 Å². The zero-order valence-corrected chi connectivity index (χ0v) is 15.1. The maximum absolute atomic E-state index is 2.48. The Morgan fingerprint density at radius 3 is 2.42 bits per heavy atom. The van der Waals surface area contributed by atoms with Gasteiger partial charge in [-0.25, -0.2) is 0 Å². The molecule has 0 unspecified atom stereocenters. The van der Waals surface area contributed by atoms with Gasteiger partial charge >= 0.3 is 0 Å². The first kappa shape index (κ1) is 15.7. The van der Waals surface area contributed by atoms with Gasteiger partial charge in [0, 0.05) is 0 Å². The second-order valence-corrected chi connectivity index (χ2v) is 7.94. The largest absolute Gasteiger partial charge is 0.0649 e. The van der Waals surface area contributed by atoms with Crippen LogP contribution in [0.4, 0.5) is 0 Å². The monoisotopic (exact) mass is 316 g/mol. The number of hydrogen-bond donors (Lipinski definition) is 0. The van der Waals surface area contributed by atoms with Crippen LogP contribution in [0.15, 0.2) is 42.0 Å². The molecule has 4 rings (SSSR count). The Kier molecular flexibility index (Phi) is 4.31. The molecule has 0 heterocycles. The lowest BCUT2D eigenvalue weighted by Crippen LogP contribution is -2.07. The highest BCUT2D eigenvalue weighted by molar-refractivity contribution is 5.77. The number of hydrogen-bond acceptors (Lipinski definition) is 0. The van der Waals surface area contributed by atoms with Gasteiger partial charge in [-0.1, -0.05) is 91.3 Å². The van der Waals surface area contributed by atoms with Crippen LogP contribution in [-0.2, 0) is 6.42 Å². The fourth-order valence-corrected chi connectivity index (χ4v) is 4.73. The molecule has 0 aromatic heterocycles. The van der Waals surface area contributed by atoms with Crippen LogP contribution >= 0.6 is 0 Å². The molecule has 0 saturated heterocycles. The summed E-state index contributed by atoms with van der Waals surface area (Å²) in [7, 11) is 0. The van der Waals surface area contributed by atoms with Crippen molar-refractivity contribution in [3.8, 4) is 11.1 Å². The summed E-state index contributed by atoms with van der Waals surface area (Å²) >= 11 is 0. The molecular weight excluding hydrogens is 288 g/mol. The van der Waals surface area contributed by atoms with Crippen LogP contribution in [0.3, 0.4) is 0 Å². The van der Waals surface area contributed by atoms with E-state index in [1.807, 2.05) is 0 Å². The van der Waals surface area contributed by atoms with E-state index in [2.05, 4.69) is 56.3 Å². The average Bonchev–Trinajstić information content (AvgIpc) is 2.97. The third-order valence-corrected chi connectivity index (χ3v) is 5.78.